The maximum Gasteiger partial charge on any atom is 0.175 e. The molecule has 0 spiro atoms. The van der Waals surface area contributed by atoms with Crippen molar-refractivity contribution in [2.24, 2.45) is 0 Å². The van der Waals surface area contributed by atoms with Crippen molar-refractivity contribution >= 4 is 28.7 Å². The summed E-state index contributed by atoms with van der Waals surface area (Å²) in [6, 6.07) is 6.02. The average Bonchev–Trinajstić information content (AvgIpc) is 2.73. The number of nitrogens with zero attached hydrogens (tertiary/aromatic N) is 2. The van der Waals surface area contributed by atoms with Crippen LogP contribution in [0.3, 0.4) is 0 Å². The third-order valence-electron chi connectivity index (χ3n) is 2.62. The first-order valence-electron chi connectivity index (χ1n) is 5.96. The fraction of sp³-hybridized carbons (Fsp3) is 0.231. The van der Waals surface area contributed by atoms with Gasteiger partial charge >= 0.3 is 0 Å². The van der Waals surface area contributed by atoms with Gasteiger partial charge in [-0.25, -0.2) is 4.39 Å². The molecule has 2 rings (SSSR count). The van der Waals surface area contributed by atoms with E-state index in [1.54, 1.807) is 12.1 Å². The van der Waals surface area contributed by atoms with Gasteiger partial charge in [0.15, 0.2) is 5.11 Å². The Bertz CT molecular complexity index is 577. The highest BCUT2D eigenvalue weighted by atomic mass is 32.1. The Labute approximate surface area is 116 Å². The SMILES string of the molecule is CCn1cc(NC(=S)Nc2ccc(F)cc2)c(C)n1. The normalized spacial score (nSPS) is 10.3. The zero-order chi connectivity index (χ0) is 13.8. The molecule has 2 N–H and O–H groups in total. The second kappa shape index (κ2) is 5.79. The van der Waals surface area contributed by atoms with E-state index < -0.39 is 0 Å². The molecule has 1 aromatic heterocycles. The van der Waals surface area contributed by atoms with Gasteiger partial charge in [-0.05, 0) is 50.3 Å². The molecule has 4 nitrogen and oxygen atoms in total. The summed E-state index contributed by atoms with van der Waals surface area (Å²) in [6.45, 7) is 4.74. The van der Waals surface area contributed by atoms with Crippen LogP contribution in [0.15, 0.2) is 30.5 Å². The molecule has 0 atom stereocenters. The van der Waals surface area contributed by atoms with Gasteiger partial charge in [-0.1, -0.05) is 0 Å². The summed E-state index contributed by atoms with van der Waals surface area (Å²) in [6.07, 6.45) is 1.90. The molecule has 0 saturated heterocycles. The standard InChI is InChI=1S/C13H15FN4S/c1-3-18-8-12(9(2)17-18)16-13(19)15-11-6-4-10(14)5-7-11/h4-8H,3H2,1-2H3,(H2,15,16,19). The molecular formula is C13H15FN4S. The van der Waals surface area contributed by atoms with Crippen LogP contribution in [-0.4, -0.2) is 14.9 Å². The second-order valence-corrected chi connectivity index (χ2v) is 4.48. The predicted molar refractivity (Wildman–Crippen MR) is 78.9 cm³/mol. The Hall–Kier alpha value is -1.95. The van der Waals surface area contributed by atoms with Crippen molar-refractivity contribution in [1.82, 2.24) is 9.78 Å². The number of benzene rings is 1. The quantitative estimate of drug-likeness (QED) is 0.846. The zero-order valence-corrected chi connectivity index (χ0v) is 11.6. The average molecular weight is 278 g/mol. The monoisotopic (exact) mass is 278 g/mol. The highest BCUT2D eigenvalue weighted by Crippen LogP contribution is 2.14. The molecule has 0 aliphatic heterocycles. The fourth-order valence-corrected chi connectivity index (χ4v) is 1.85. The van der Waals surface area contributed by atoms with Gasteiger partial charge in [0.2, 0.25) is 0 Å². The molecule has 0 aliphatic carbocycles. The van der Waals surface area contributed by atoms with E-state index in [0.29, 0.717) is 5.11 Å². The van der Waals surface area contributed by atoms with Crippen molar-refractivity contribution in [3.05, 3.63) is 42.0 Å². The van der Waals surface area contributed by atoms with Gasteiger partial charge in [0, 0.05) is 18.4 Å². The predicted octanol–water partition coefficient (Wildman–Crippen LogP) is 3.16. The lowest BCUT2D eigenvalue weighted by Crippen LogP contribution is -2.19. The van der Waals surface area contributed by atoms with E-state index in [4.69, 9.17) is 12.2 Å². The molecule has 100 valence electrons. The lowest BCUT2D eigenvalue weighted by atomic mass is 10.3. The van der Waals surface area contributed by atoms with E-state index >= 15 is 0 Å². The van der Waals surface area contributed by atoms with Crippen molar-refractivity contribution < 1.29 is 4.39 Å². The highest BCUT2D eigenvalue weighted by molar-refractivity contribution is 7.80. The van der Waals surface area contributed by atoms with E-state index in [9.17, 15) is 4.39 Å². The van der Waals surface area contributed by atoms with Gasteiger partial charge in [0.25, 0.3) is 0 Å². The van der Waals surface area contributed by atoms with Crippen LogP contribution in [0, 0.1) is 12.7 Å². The molecule has 0 fully saturated rings. The van der Waals surface area contributed by atoms with Gasteiger partial charge < -0.3 is 10.6 Å². The minimum atomic E-state index is -0.274. The molecule has 0 amide bonds. The number of rotatable bonds is 3. The van der Waals surface area contributed by atoms with E-state index in [0.717, 1.165) is 23.6 Å². The van der Waals surface area contributed by atoms with Crippen LogP contribution in [0.1, 0.15) is 12.6 Å². The number of nitrogens with one attached hydrogen (secondary N) is 2. The Morgan fingerprint density at radius 2 is 2.00 bits per heavy atom. The first-order chi connectivity index (χ1) is 9.08. The van der Waals surface area contributed by atoms with Gasteiger partial charge in [-0.15, -0.1) is 0 Å². The summed E-state index contributed by atoms with van der Waals surface area (Å²) in [7, 11) is 0. The lowest BCUT2D eigenvalue weighted by Gasteiger charge is -2.09. The van der Waals surface area contributed by atoms with Crippen LogP contribution in [0.4, 0.5) is 15.8 Å². The summed E-state index contributed by atoms with van der Waals surface area (Å²) in [5.41, 5.74) is 2.48. The van der Waals surface area contributed by atoms with Crippen LogP contribution in [0.25, 0.3) is 0 Å². The first kappa shape index (κ1) is 13.5. The number of halogens is 1. The molecule has 2 aromatic rings. The van der Waals surface area contributed by atoms with Crippen LogP contribution in [0.5, 0.6) is 0 Å². The summed E-state index contributed by atoms with van der Waals surface area (Å²) in [4.78, 5) is 0. The minimum Gasteiger partial charge on any atom is -0.332 e. The maximum absolute atomic E-state index is 12.8. The Morgan fingerprint density at radius 3 is 2.58 bits per heavy atom. The molecule has 19 heavy (non-hydrogen) atoms. The topological polar surface area (TPSA) is 41.9 Å². The van der Waals surface area contributed by atoms with Crippen LogP contribution in [-0.2, 0) is 6.54 Å². The molecule has 6 heteroatoms. The van der Waals surface area contributed by atoms with Crippen LogP contribution in [0.2, 0.25) is 0 Å². The van der Waals surface area contributed by atoms with E-state index in [2.05, 4.69) is 15.7 Å². The first-order valence-corrected chi connectivity index (χ1v) is 6.37. The van der Waals surface area contributed by atoms with E-state index in [-0.39, 0.29) is 5.82 Å². The van der Waals surface area contributed by atoms with E-state index in [1.165, 1.54) is 12.1 Å². The minimum absolute atomic E-state index is 0.274. The fourth-order valence-electron chi connectivity index (χ4n) is 1.62. The van der Waals surface area contributed by atoms with Crippen molar-refractivity contribution in [1.29, 1.82) is 0 Å². The van der Waals surface area contributed by atoms with Crippen molar-refractivity contribution in [3.63, 3.8) is 0 Å². The zero-order valence-electron chi connectivity index (χ0n) is 10.8. The smallest absolute Gasteiger partial charge is 0.175 e. The Balaban J connectivity index is 2.00. The molecular weight excluding hydrogens is 263 g/mol. The molecule has 1 aromatic carbocycles. The van der Waals surface area contributed by atoms with Crippen LogP contribution >= 0.6 is 12.2 Å². The van der Waals surface area contributed by atoms with Crippen molar-refractivity contribution in [2.45, 2.75) is 20.4 Å². The highest BCUT2D eigenvalue weighted by Gasteiger charge is 2.06. The molecule has 0 bridgehead atoms. The van der Waals surface area contributed by atoms with E-state index in [1.807, 2.05) is 24.7 Å². The molecule has 1 heterocycles. The number of thiocarbonyl (C=S) groups is 1. The largest absolute Gasteiger partial charge is 0.332 e. The molecule has 0 unspecified atom stereocenters. The number of aromatic nitrogens is 2. The number of hydrogen-bond donors (Lipinski definition) is 2. The number of hydrogen-bond acceptors (Lipinski definition) is 2. The third-order valence-corrected chi connectivity index (χ3v) is 2.82. The Morgan fingerprint density at radius 1 is 1.32 bits per heavy atom. The maximum atomic E-state index is 12.8. The van der Waals surface area contributed by atoms with Crippen molar-refractivity contribution in [2.75, 3.05) is 10.6 Å². The molecule has 0 aliphatic rings. The van der Waals surface area contributed by atoms with Gasteiger partial charge in [0.1, 0.15) is 5.82 Å². The lowest BCUT2D eigenvalue weighted by molar-refractivity contribution is 0.628. The second-order valence-electron chi connectivity index (χ2n) is 4.07. The summed E-state index contributed by atoms with van der Waals surface area (Å²) in [5.74, 6) is -0.274. The van der Waals surface area contributed by atoms with Gasteiger partial charge in [-0.3, -0.25) is 4.68 Å². The molecule has 0 saturated carbocycles. The number of aryl methyl sites for hydroxylation is 2. The van der Waals surface area contributed by atoms with Crippen LogP contribution < -0.4 is 10.6 Å². The summed E-state index contributed by atoms with van der Waals surface area (Å²) >= 11 is 5.20. The number of anilines is 2. The Kier molecular flexibility index (Phi) is 4.11. The van der Waals surface area contributed by atoms with Gasteiger partial charge in [-0.2, -0.15) is 5.10 Å². The third kappa shape index (κ3) is 3.51. The van der Waals surface area contributed by atoms with Crippen molar-refractivity contribution in [3.8, 4) is 0 Å². The van der Waals surface area contributed by atoms with Gasteiger partial charge in [0.05, 0.1) is 11.4 Å². The molecule has 0 radical (unpaired) electrons. The summed E-state index contributed by atoms with van der Waals surface area (Å²) in [5, 5.41) is 10.8. The summed E-state index contributed by atoms with van der Waals surface area (Å²) < 4.78 is 14.6.